The number of hydrogen-bond donors (Lipinski definition) is 2. The molecule has 1 aromatic heterocycles. The summed E-state index contributed by atoms with van der Waals surface area (Å²) in [6, 6.07) is 4.12. The number of carbonyl (C=O) groups excluding carboxylic acids is 1. The molecule has 1 unspecified atom stereocenters. The van der Waals surface area contributed by atoms with E-state index in [0.29, 0.717) is 25.5 Å². The highest BCUT2D eigenvalue weighted by Crippen LogP contribution is 2.19. The molecule has 1 atom stereocenters. The van der Waals surface area contributed by atoms with Crippen LogP contribution in [-0.2, 0) is 16.1 Å². The van der Waals surface area contributed by atoms with Crippen molar-refractivity contribution in [2.24, 2.45) is 5.92 Å². The van der Waals surface area contributed by atoms with E-state index in [1.807, 2.05) is 6.07 Å². The average Bonchev–Trinajstić information content (AvgIpc) is 3.10. The smallest absolute Gasteiger partial charge is 0.220 e. The highest BCUT2D eigenvalue weighted by molar-refractivity contribution is 5.80. The highest BCUT2D eigenvalue weighted by Gasteiger charge is 2.19. The minimum absolute atomic E-state index is 0.0684. The fraction of sp³-hybridized carbons (Fsp3) is 0.500. The van der Waals surface area contributed by atoms with Gasteiger partial charge in [0.2, 0.25) is 5.91 Å². The van der Waals surface area contributed by atoms with Crippen LogP contribution in [0.3, 0.4) is 0 Å². The summed E-state index contributed by atoms with van der Waals surface area (Å²) in [5.41, 5.74) is 4.42. The summed E-state index contributed by atoms with van der Waals surface area (Å²) in [5, 5.41) is 2.93. The molecule has 1 aromatic carbocycles. The molecule has 1 saturated heterocycles. The van der Waals surface area contributed by atoms with Crippen molar-refractivity contribution in [3.05, 3.63) is 29.1 Å². The number of rotatable bonds is 4. The second-order valence-corrected chi connectivity index (χ2v) is 5.80. The van der Waals surface area contributed by atoms with E-state index in [2.05, 4.69) is 35.2 Å². The lowest BCUT2D eigenvalue weighted by molar-refractivity contribution is -0.122. The largest absolute Gasteiger partial charge is 0.381 e. The molecule has 2 heterocycles. The number of amides is 1. The van der Waals surface area contributed by atoms with Crippen molar-refractivity contribution in [3.63, 3.8) is 0 Å². The van der Waals surface area contributed by atoms with Gasteiger partial charge in [0.25, 0.3) is 0 Å². The predicted molar refractivity (Wildman–Crippen MR) is 81.0 cm³/mol. The number of nitrogens with zero attached hydrogens (tertiary/aromatic N) is 1. The van der Waals surface area contributed by atoms with Gasteiger partial charge in [-0.2, -0.15) is 0 Å². The Kier molecular flexibility index (Phi) is 3.92. The van der Waals surface area contributed by atoms with Gasteiger partial charge in [-0.1, -0.05) is 6.07 Å². The molecule has 0 radical (unpaired) electrons. The Hall–Kier alpha value is -1.88. The van der Waals surface area contributed by atoms with E-state index >= 15 is 0 Å². The molecule has 5 nitrogen and oxygen atoms in total. The summed E-state index contributed by atoms with van der Waals surface area (Å²) in [5.74, 6) is 1.24. The van der Waals surface area contributed by atoms with Gasteiger partial charge in [0.05, 0.1) is 17.6 Å². The average molecular weight is 287 g/mol. The van der Waals surface area contributed by atoms with Crippen LogP contribution in [-0.4, -0.2) is 29.1 Å². The van der Waals surface area contributed by atoms with Gasteiger partial charge in [-0.15, -0.1) is 0 Å². The molecule has 1 aliphatic rings. The van der Waals surface area contributed by atoms with Crippen LogP contribution in [0, 0.1) is 19.8 Å². The Balaban J connectivity index is 1.62. The molecule has 1 amide bonds. The van der Waals surface area contributed by atoms with Gasteiger partial charge < -0.3 is 15.0 Å². The zero-order chi connectivity index (χ0) is 14.8. The monoisotopic (exact) mass is 287 g/mol. The Morgan fingerprint density at radius 1 is 1.48 bits per heavy atom. The van der Waals surface area contributed by atoms with Gasteiger partial charge in [0, 0.05) is 19.6 Å². The molecule has 1 aliphatic heterocycles. The first-order valence-corrected chi connectivity index (χ1v) is 7.42. The Morgan fingerprint density at radius 2 is 2.33 bits per heavy atom. The molecular formula is C16H21N3O2. The van der Waals surface area contributed by atoms with Crippen LogP contribution in [0.2, 0.25) is 0 Å². The van der Waals surface area contributed by atoms with Crippen molar-refractivity contribution >= 4 is 16.9 Å². The Morgan fingerprint density at radius 3 is 3.10 bits per heavy atom. The lowest BCUT2D eigenvalue weighted by Crippen LogP contribution is -2.25. The number of fused-ring (bicyclic) bond motifs is 1. The number of H-pyrrole nitrogens is 1. The van der Waals surface area contributed by atoms with Crippen molar-refractivity contribution in [2.75, 3.05) is 13.2 Å². The van der Waals surface area contributed by atoms with E-state index in [9.17, 15) is 4.79 Å². The van der Waals surface area contributed by atoms with E-state index in [-0.39, 0.29) is 5.91 Å². The summed E-state index contributed by atoms with van der Waals surface area (Å²) in [4.78, 5) is 19.7. The molecule has 2 aromatic rings. The van der Waals surface area contributed by atoms with Gasteiger partial charge in [0.15, 0.2) is 0 Å². The highest BCUT2D eigenvalue weighted by atomic mass is 16.5. The molecule has 3 rings (SSSR count). The molecular weight excluding hydrogens is 266 g/mol. The fourth-order valence-electron chi connectivity index (χ4n) is 2.71. The summed E-state index contributed by atoms with van der Waals surface area (Å²) < 4.78 is 5.29. The van der Waals surface area contributed by atoms with Gasteiger partial charge in [0.1, 0.15) is 5.82 Å². The number of aromatic amines is 1. The van der Waals surface area contributed by atoms with Crippen molar-refractivity contribution in [3.8, 4) is 0 Å². The van der Waals surface area contributed by atoms with Crippen LogP contribution in [0.15, 0.2) is 12.1 Å². The van der Waals surface area contributed by atoms with Crippen molar-refractivity contribution in [1.29, 1.82) is 0 Å². The van der Waals surface area contributed by atoms with Crippen LogP contribution < -0.4 is 5.32 Å². The van der Waals surface area contributed by atoms with Crippen LogP contribution in [0.5, 0.6) is 0 Å². The first-order valence-electron chi connectivity index (χ1n) is 7.42. The van der Waals surface area contributed by atoms with E-state index in [1.54, 1.807) is 0 Å². The van der Waals surface area contributed by atoms with Crippen molar-refractivity contribution < 1.29 is 9.53 Å². The fourth-order valence-corrected chi connectivity index (χ4v) is 2.71. The lowest BCUT2D eigenvalue weighted by Gasteiger charge is -2.07. The standard InChI is InChI=1S/C16H21N3O2/c1-10-3-4-13-16(11(10)2)19-14(18-13)8-17-15(20)7-12-5-6-21-9-12/h3-4,12H,5-9H2,1-2H3,(H,17,20)(H,18,19). The van der Waals surface area contributed by atoms with E-state index in [1.165, 1.54) is 11.1 Å². The first-order chi connectivity index (χ1) is 10.1. The zero-order valence-electron chi connectivity index (χ0n) is 12.5. The topological polar surface area (TPSA) is 67.0 Å². The maximum Gasteiger partial charge on any atom is 0.220 e. The number of hydrogen-bond acceptors (Lipinski definition) is 3. The number of ether oxygens (including phenoxy) is 1. The third-order valence-electron chi connectivity index (χ3n) is 4.18. The van der Waals surface area contributed by atoms with Gasteiger partial charge in [-0.05, 0) is 43.4 Å². The van der Waals surface area contributed by atoms with Crippen LogP contribution in [0.25, 0.3) is 11.0 Å². The molecule has 5 heteroatoms. The number of benzene rings is 1. The summed E-state index contributed by atoms with van der Waals surface area (Å²) in [7, 11) is 0. The quantitative estimate of drug-likeness (QED) is 0.906. The van der Waals surface area contributed by atoms with E-state index in [4.69, 9.17) is 4.74 Å². The molecule has 0 bridgehead atoms. The SMILES string of the molecule is Cc1ccc2[nH]c(CNC(=O)CC3CCOC3)nc2c1C. The van der Waals surface area contributed by atoms with Gasteiger partial charge >= 0.3 is 0 Å². The maximum atomic E-state index is 11.9. The Bertz CT molecular complexity index is 657. The maximum absolute atomic E-state index is 11.9. The van der Waals surface area contributed by atoms with E-state index < -0.39 is 0 Å². The molecule has 21 heavy (non-hydrogen) atoms. The van der Waals surface area contributed by atoms with E-state index in [0.717, 1.165) is 29.9 Å². The van der Waals surface area contributed by atoms with Crippen molar-refractivity contribution in [1.82, 2.24) is 15.3 Å². The third-order valence-corrected chi connectivity index (χ3v) is 4.18. The molecule has 112 valence electrons. The number of nitrogens with one attached hydrogen (secondary N) is 2. The normalized spacial score (nSPS) is 18.3. The molecule has 0 spiro atoms. The molecule has 1 fully saturated rings. The second kappa shape index (κ2) is 5.85. The predicted octanol–water partition coefficient (Wildman–Crippen LogP) is 2.22. The first kappa shape index (κ1) is 14.1. The number of aryl methyl sites for hydroxylation is 2. The second-order valence-electron chi connectivity index (χ2n) is 5.80. The van der Waals surface area contributed by atoms with Gasteiger partial charge in [-0.3, -0.25) is 4.79 Å². The third kappa shape index (κ3) is 3.08. The summed E-state index contributed by atoms with van der Waals surface area (Å²) >= 11 is 0. The van der Waals surface area contributed by atoms with Crippen molar-refractivity contribution in [2.45, 2.75) is 33.2 Å². The molecule has 0 aliphatic carbocycles. The van der Waals surface area contributed by atoms with Crippen LogP contribution in [0.1, 0.15) is 29.8 Å². The number of carbonyl (C=O) groups is 1. The minimum atomic E-state index is 0.0684. The summed E-state index contributed by atoms with van der Waals surface area (Å²) in [6.45, 7) is 6.08. The van der Waals surface area contributed by atoms with Gasteiger partial charge in [-0.25, -0.2) is 4.98 Å². The zero-order valence-corrected chi connectivity index (χ0v) is 12.5. The Labute approximate surface area is 124 Å². The minimum Gasteiger partial charge on any atom is -0.381 e. The number of imidazole rings is 1. The molecule has 2 N–H and O–H groups in total. The molecule has 0 saturated carbocycles. The van der Waals surface area contributed by atoms with Crippen LogP contribution in [0.4, 0.5) is 0 Å². The number of aromatic nitrogens is 2. The van der Waals surface area contributed by atoms with Crippen LogP contribution >= 0.6 is 0 Å². The summed E-state index contributed by atoms with van der Waals surface area (Å²) in [6.07, 6.45) is 1.52. The lowest BCUT2D eigenvalue weighted by atomic mass is 10.1.